The molecule has 2 aromatic heterocycles. The number of aromatic nitrogens is 3. The fraction of sp³-hybridized carbons (Fsp3) is 0.472. The predicted octanol–water partition coefficient (Wildman–Crippen LogP) is 6.08. The van der Waals surface area contributed by atoms with Crippen molar-refractivity contribution in [3.63, 3.8) is 0 Å². The minimum atomic E-state index is -4.71. The van der Waals surface area contributed by atoms with E-state index in [4.69, 9.17) is 46.9 Å². The summed E-state index contributed by atoms with van der Waals surface area (Å²) >= 11 is 12.3. The Hall–Kier alpha value is -3.69. The molecular weight excluding hydrogens is 903 g/mol. The molecule has 2 heterocycles. The fourth-order valence-corrected chi connectivity index (χ4v) is 6.26. The van der Waals surface area contributed by atoms with Gasteiger partial charge in [0.05, 0.1) is 75.7 Å². The maximum atomic E-state index is 12.8. The van der Waals surface area contributed by atoms with Crippen LogP contribution < -0.4 is 20.7 Å². The van der Waals surface area contributed by atoms with Crippen molar-refractivity contribution in [1.29, 1.82) is 0 Å². The Bertz CT molecular complexity index is 2330. The van der Waals surface area contributed by atoms with E-state index < -0.39 is 64.4 Å². The zero-order valence-corrected chi connectivity index (χ0v) is 38.0. The average molecular weight is 950 g/mol. The Balaban J connectivity index is 0.000000317. The summed E-state index contributed by atoms with van der Waals surface area (Å²) in [6, 6.07) is 5.15. The second-order valence-electron chi connectivity index (χ2n) is 14.8. The Morgan fingerprint density at radius 1 is 1.10 bits per heavy atom. The second kappa shape index (κ2) is 21.4. The number of carboxylic acids is 1. The molecule has 0 aliphatic heterocycles. The van der Waals surface area contributed by atoms with Crippen molar-refractivity contribution in [2.75, 3.05) is 37.9 Å². The third-order valence-corrected chi connectivity index (χ3v) is 9.47. The monoisotopic (exact) mass is 948 g/mol. The van der Waals surface area contributed by atoms with Gasteiger partial charge in [-0.3, -0.25) is 14.9 Å². The van der Waals surface area contributed by atoms with Crippen LogP contribution >= 0.6 is 30.8 Å². The van der Waals surface area contributed by atoms with Crippen molar-refractivity contribution in [2.24, 2.45) is 0 Å². The number of carbonyl (C=O) groups excluding carboxylic acids is 1. The van der Waals surface area contributed by atoms with Crippen LogP contribution in [-0.4, -0.2) is 89.1 Å². The van der Waals surface area contributed by atoms with Gasteiger partial charge in [0, 0.05) is 29.2 Å². The number of sulfone groups is 1. The first kappa shape index (κ1) is 52.4. The lowest BCUT2D eigenvalue weighted by molar-refractivity contribution is -0.193. The molecule has 1 fully saturated rings. The molecule has 24 heteroatoms. The summed E-state index contributed by atoms with van der Waals surface area (Å²) in [6.45, 7) is 8.99. The van der Waals surface area contributed by atoms with E-state index in [2.05, 4.69) is 29.0 Å². The number of nitrogens with zero attached hydrogens (tertiary/aromatic N) is 3. The standard InChI is InChI=1S/C15H18Cl2N2O3.C15H12F3NO4S.C3H8NO5P.C3H9S/c1-8(2)21-12-7-11(9(16)6-10(12)17)19-14(20)22-13(18-19)15(3,4)5;1-24(21,22)12-6-9(15(16,17)18)4-5-10(12)13(20)11-7-19-23-14(11)8-2-3-8;5-3(6)1-4-2-10(7,8)9;1-4(2)3/h6-8H,1-5H3;4-8H,2-3H2,1H3;4H,1-2H2,(H,5,6)(H2,7,8,9);1-3H3/q;;;+1/p-1. The van der Waals surface area contributed by atoms with Gasteiger partial charge in [0.1, 0.15) is 13.3 Å². The first-order chi connectivity index (χ1) is 27.3. The number of ketones is 1. The molecule has 0 spiro atoms. The van der Waals surface area contributed by atoms with E-state index in [0.29, 0.717) is 51.1 Å². The summed E-state index contributed by atoms with van der Waals surface area (Å²) in [4.78, 5) is 51.8. The number of halogens is 5. The number of carboxylic acid groups (broad SMARTS) is 1. The lowest BCUT2D eigenvalue weighted by Gasteiger charge is -2.14. The topological polar surface area (TPSA) is 244 Å². The zero-order valence-electron chi connectivity index (χ0n) is 33.9. The van der Waals surface area contributed by atoms with Crippen molar-refractivity contribution >= 4 is 63.3 Å². The van der Waals surface area contributed by atoms with Gasteiger partial charge in [0.15, 0.2) is 21.4 Å². The van der Waals surface area contributed by atoms with Crippen LogP contribution in [0, 0.1) is 0 Å². The largest absolute Gasteiger partial charge is 0.778 e. The van der Waals surface area contributed by atoms with Gasteiger partial charge in [-0.2, -0.15) is 17.9 Å². The third-order valence-electron chi connectivity index (χ3n) is 7.11. The first-order valence-electron chi connectivity index (χ1n) is 17.4. The van der Waals surface area contributed by atoms with E-state index in [-0.39, 0.29) is 33.6 Å². The van der Waals surface area contributed by atoms with Gasteiger partial charge in [-0.15, -0.1) is 5.10 Å². The van der Waals surface area contributed by atoms with Gasteiger partial charge in [-0.05, 0) is 61.8 Å². The van der Waals surface area contributed by atoms with Crippen LogP contribution in [0.3, 0.4) is 0 Å². The highest BCUT2D eigenvalue weighted by Gasteiger charge is 2.36. The van der Waals surface area contributed by atoms with E-state index >= 15 is 0 Å². The molecule has 0 saturated heterocycles. The molecule has 0 bridgehead atoms. The number of hydrogen-bond donors (Lipinski definition) is 3. The molecule has 4 aromatic rings. The van der Waals surface area contributed by atoms with Crippen LogP contribution in [0.1, 0.15) is 86.5 Å². The Kier molecular flexibility index (Phi) is 18.7. The number of alkyl halides is 3. The van der Waals surface area contributed by atoms with Crippen molar-refractivity contribution in [1.82, 2.24) is 20.3 Å². The minimum absolute atomic E-state index is 0.0441. The molecule has 2 aromatic carbocycles. The molecule has 0 radical (unpaired) electrons. The molecule has 16 nitrogen and oxygen atoms in total. The molecule has 3 N–H and O–H groups in total. The zero-order chi connectivity index (χ0) is 46.1. The number of ether oxygens (including phenoxy) is 1. The number of benzene rings is 2. The Morgan fingerprint density at radius 3 is 2.13 bits per heavy atom. The van der Waals surface area contributed by atoms with Gasteiger partial charge >= 0.3 is 17.9 Å². The summed E-state index contributed by atoms with van der Waals surface area (Å²) in [5.74, 6) is -1.34. The smallest absolute Gasteiger partial charge is 0.442 e. The van der Waals surface area contributed by atoms with Crippen LogP contribution in [-0.2, 0) is 41.7 Å². The normalized spacial score (nSPS) is 13.9. The number of rotatable bonds is 11. The van der Waals surface area contributed by atoms with Gasteiger partial charge in [-0.25, -0.2) is 13.2 Å². The van der Waals surface area contributed by atoms with Crippen LogP contribution in [0.15, 0.2) is 55.2 Å². The summed E-state index contributed by atoms with van der Waals surface area (Å²) in [6.07, 6.45) is 4.67. The van der Waals surface area contributed by atoms with E-state index in [9.17, 15) is 45.4 Å². The number of aliphatic carboxylic acids is 1. The maximum Gasteiger partial charge on any atom is 0.442 e. The predicted molar refractivity (Wildman–Crippen MR) is 219 cm³/mol. The van der Waals surface area contributed by atoms with E-state index in [1.165, 1.54) is 12.3 Å². The molecule has 1 saturated carbocycles. The Labute approximate surface area is 357 Å². The third kappa shape index (κ3) is 17.0. The highest BCUT2D eigenvalue weighted by molar-refractivity contribution is 7.94. The van der Waals surface area contributed by atoms with Crippen molar-refractivity contribution in [3.05, 3.63) is 85.5 Å². The lowest BCUT2D eigenvalue weighted by Crippen LogP contribution is -2.25. The van der Waals surface area contributed by atoms with E-state index in [1.54, 1.807) is 6.07 Å². The molecular formula is C36H46Cl2F3N4O12PS2. The molecule has 5 rings (SSSR count). The quantitative estimate of drug-likeness (QED) is 0.0876. The molecule has 1 atom stereocenters. The van der Waals surface area contributed by atoms with Gasteiger partial charge < -0.3 is 33.1 Å². The fourth-order valence-electron chi connectivity index (χ4n) is 4.46. The van der Waals surface area contributed by atoms with E-state index in [1.807, 2.05) is 39.9 Å². The van der Waals surface area contributed by atoms with Crippen molar-refractivity contribution < 1.29 is 64.3 Å². The SMILES string of the molecule is CC(C)Oc1cc(-n2nc(C(C)(C)C)oc2=O)c(Cl)cc1Cl.CS(=O)(=O)c1cc(C(F)(F)F)ccc1C(=O)c1cnoc1C1CC1.C[S+](C)C.O=C(O)CNCP(=O)([O-])O. The minimum Gasteiger partial charge on any atom is -0.778 e. The van der Waals surface area contributed by atoms with E-state index in [0.717, 1.165) is 29.8 Å². The van der Waals surface area contributed by atoms with Gasteiger partial charge in [-0.1, -0.05) is 49.1 Å². The lowest BCUT2D eigenvalue weighted by atomic mass is 9.97. The highest BCUT2D eigenvalue weighted by Crippen LogP contribution is 2.42. The summed E-state index contributed by atoms with van der Waals surface area (Å²) in [5.41, 5.74) is -1.39. The van der Waals surface area contributed by atoms with Crippen LogP contribution in [0.5, 0.6) is 5.75 Å². The highest BCUT2D eigenvalue weighted by atomic mass is 35.5. The summed E-state index contributed by atoms with van der Waals surface area (Å²) in [7, 11) is -7.75. The first-order valence-corrected chi connectivity index (χ1v) is 24.3. The average Bonchev–Trinajstić information content (AvgIpc) is 3.66. The van der Waals surface area contributed by atoms with Crippen LogP contribution in [0.25, 0.3) is 5.69 Å². The molecule has 0 amide bonds. The summed E-state index contributed by atoms with van der Waals surface area (Å²) < 4.78 is 89.2. The van der Waals surface area contributed by atoms with Crippen molar-refractivity contribution in [2.45, 2.75) is 76.0 Å². The molecule has 1 aliphatic carbocycles. The maximum absolute atomic E-state index is 12.8. The number of nitrogens with one attached hydrogen (secondary N) is 1. The molecule has 1 unspecified atom stereocenters. The second-order valence-corrected chi connectivity index (χ2v) is 21.6. The van der Waals surface area contributed by atoms with Crippen LogP contribution in [0.2, 0.25) is 10.0 Å². The van der Waals surface area contributed by atoms with Crippen molar-refractivity contribution in [3.8, 4) is 11.4 Å². The molecule has 1 aliphatic rings. The Morgan fingerprint density at radius 2 is 1.68 bits per heavy atom. The molecule has 334 valence electrons. The number of hydrogen-bond acceptors (Lipinski definition) is 13. The van der Waals surface area contributed by atoms with Crippen LogP contribution in [0.4, 0.5) is 13.2 Å². The van der Waals surface area contributed by atoms with Gasteiger partial charge in [0.25, 0.3) is 0 Å². The summed E-state index contributed by atoms with van der Waals surface area (Å²) in [5, 5.41) is 18.4. The molecule has 60 heavy (non-hydrogen) atoms. The van der Waals surface area contributed by atoms with Gasteiger partial charge in [0.2, 0.25) is 5.89 Å². The number of carbonyl (C=O) groups is 2.